The number of anilines is 1. The highest BCUT2D eigenvalue weighted by molar-refractivity contribution is 9.10. The van der Waals surface area contributed by atoms with Gasteiger partial charge in [-0.1, -0.05) is 63.9 Å². The van der Waals surface area contributed by atoms with Crippen molar-refractivity contribution in [3.05, 3.63) is 93.4 Å². The molecule has 1 aliphatic heterocycles. The maximum atomic E-state index is 13.6. The van der Waals surface area contributed by atoms with E-state index in [1.165, 1.54) is 16.4 Å². The molecular weight excluding hydrogens is 476 g/mol. The molecule has 0 radical (unpaired) electrons. The molecule has 3 aromatic rings. The van der Waals surface area contributed by atoms with E-state index >= 15 is 0 Å². The second-order valence-electron chi connectivity index (χ2n) is 6.60. The van der Waals surface area contributed by atoms with Gasteiger partial charge in [-0.3, -0.25) is 4.79 Å². The number of nitrogens with zero attached hydrogens (tertiary/aromatic N) is 1. The summed E-state index contributed by atoms with van der Waals surface area (Å²) in [5.74, 6) is -0.405. The van der Waals surface area contributed by atoms with Crippen LogP contribution in [0.3, 0.4) is 0 Å². The van der Waals surface area contributed by atoms with Crippen LogP contribution in [-0.4, -0.2) is 25.2 Å². The lowest BCUT2D eigenvalue weighted by molar-refractivity contribution is -0.116. The first-order chi connectivity index (χ1) is 13.9. The van der Waals surface area contributed by atoms with E-state index in [1.807, 2.05) is 42.5 Å². The topological polar surface area (TPSA) is 66.5 Å². The lowest BCUT2D eigenvalue weighted by atomic mass is 9.97. The molecule has 0 aliphatic carbocycles. The van der Waals surface area contributed by atoms with E-state index in [9.17, 15) is 13.2 Å². The fraction of sp³-hybridized carbons (Fsp3) is 0.0952. The Morgan fingerprint density at radius 2 is 1.76 bits per heavy atom. The third-order valence-electron chi connectivity index (χ3n) is 4.69. The quantitative estimate of drug-likeness (QED) is 0.570. The van der Waals surface area contributed by atoms with E-state index < -0.39 is 22.0 Å². The number of hydrogen-bond donors (Lipinski definition) is 1. The number of halogens is 2. The molecule has 148 valence electrons. The number of carbonyl (C=O) groups excluding carboxylic acids is 1. The van der Waals surface area contributed by atoms with Crippen molar-refractivity contribution in [1.82, 2.24) is 4.31 Å². The van der Waals surface area contributed by atoms with Crippen LogP contribution in [0, 0.1) is 0 Å². The molecule has 1 unspecified atom stereocenters. The monoisotopic (exact) mass is 490 g/mol. The van der Waals surface area contributed by atoms with Crippen LogP contribution in [0.25, 0.3) is 0 Å². The number of amides is 1. The lowest BCUT2D eigenvalue weighted by Gasteiger charge is -2.29. The van der Waals surface area contributed by atoms with Gasteiger partial charge in [-0.2, -0.15) is 4.31 Å². The molecule has 1 heterocycles. The first-order valence-corrected chi connectivity index (χ1v) is 11.4. The van der Waals surface area contributed by atoms with Gasteiger partial charge in [0.15, 0.2) is 0 Å². The molecular formula is C21H16BrClN2O3S. The predicted molar refractivity (Wildman–Crippen MR) is 116 cm³/mol. The number of sulfonamides is 1. The number of carbonyl (C=O) groups is 1. The zero-order valence-corrected chi connectivity index (χ0v) is 18.2. The minimum Gasteiger partial charge on any atom is -0.325 e. The number of nitrogens with one attached hydrogen (secondary N) is 1. The first kappa shape index (κ1) is 20.1. The highest BCUT2D eigenvalue weighted by Gasteiger charge is 2.38. The molecule has 1 amide bonds. The van der Waals surface area contributed by atoms with Crippen molar-refractivity contribution in [3.8, 4) is 0 Å². The largest absolute Gasteiger partial charge is 0.325 e. The van der Waals surface area contributed by atoms with E-state index in [0.717, 1.165) is 10.0 Å². The Hall–Kier alpha value is -2.19. The summed E-state index contributed by atoms with van der Waals surface area (Å²) in [5, 5.41) is 3.13. The number of fused-ring (bicyclic) bond motifs is 1. The molecule has 0 bridgehead atoms. The van der Waals surface area contributed by atoms with E-state index in [-0.39, 0.29) is 11.4 Å². The van der Waals surface area contributed by atoms with Crippen LogP contribution in [0.15, 0.2) is 82.2 Å². The van der Waals surface area contributed by atoms with Gasteiger partial charge in [-0.25, -0.2) is 8.42 Å². The normalized spacial score (nSPS) is 17.3. The molecule has 0 fully saturated rings. The third-order valence-corrected chi connectivity index (χ3v) is 7.22. The van der Waals surface area contributed by atoms with Crippen LogP contribution in [0.2, 0.25) is 5.02 Å². The van der Waals surface area contributed by atoms with Crippen LogP contribution in [0.5, 0.6) is 0 Å². The molecule has 0 aromatic heterocycles. The summed E-state index contributed by atoms with van der Waals surface area (Å²) in [6.07, 6.45) is 0. The van der Waals surface area contributed by atoms with Gasteiger partial charge in [-0.15, -0.1) is 0 Å². The van der Waals surface area contributed by atoms with Crippen molar-refractivity contribution >= 4 is 49.1 Å². The number of hydrogen-bond acceptors (Lipinski definition) is 3. The summed E-state index contributed by atoms with van der Waals surface area (Å²) in [6.45, 7) is -0.319. The summed E-state index contributed by atoms with van der Waals surface area (Å²) < 4.78 is 29.2. The van der Waals surface area contributed by atoms with Gasteiger partial charge < -0.3 is 5.32 Å². The van der Waals surface area contributed by atoms with Gasteiger partial charge in [0.05, 0.1) is 17.5 Å². The lowest BCUT2D eigenvalue weighted by Crippen LogP contribution is -2.38. The van der Waals surface area contributed by atoms with Crippen LogP contribution in [0.1, 0.15) is 17.2 Å². The average Bonchev–Trinajstić information content (AvgIpc) is 2.84. The Balaban J connectivity index is 1.96. The fourth-order valence-corrected chi connectivity index (χ4v) is 5.65. The summed E-state index contributed by atoms with van der Waals surface area (Å²) in [6, 6.07) is 20.0. The Kier molecular flexibility index (Phi) is 5.48. The van der Waals surface area contributed by atoms with Gasteiger partial charge in [0.25, 0.3) is 0 Å². The van der Waals surface area contributed by atoms with Gasteiger partial charge >= 0.3 is 0 Å². The number of rotatable bonds is 3. The molecule has 8 heteroatoms. The maximum absolute atomic E-state index is 13.6. The van der Waals surface area contributed by atoms with Crippen LogP contribution in [-0.2, 0) is 14.8 Å². The van der Waals surface area contributed by atoms with Gasteiger partial charge in [0.2, 0.25) is 15.9 Å². The summed E-state index contributed by atoms with van der Waals surface area (Å²) in [4.78, 5) is 12.6. The molecule has 29 heavy (non-hydrogen) atoms. The second kappa shape index (κ2) is 7.91. The van der Waals surface area contributed by atoms with Crippen molar-refractivity contribution in [2.45, 2.75) is 10.9 Å². The van der Waals surface area contributed by atoms with Crippen LogP contribution >= 0.6 is 27.5 Å². The Morgan fingerprint density at radius 3 is 2.48 bits per heavy atom. The van der Waals surface area contributed by atoms with E-state index in [2.05, 4.69) is 21.2 Å². The minimum absolute atomic E-state index is 0.0391. The van der Waals surface area contributed by atoms with Crippen LogP contribution in [0.4, 0.5) is 5.69 Å². The van der Waals surface area contributed by atoms with Crippen molar-refractivity contribution in [1.29, 1.82) is 0 Å². The van der Waals surface area contributed by atoms with Gasteiger partial charge in [0.1, 0.15) is 0 Å². The molecule has 0 saturated heterocycles. The average molecular weight is 492 g/mol. The van der Waals surface area contributed by atoms with Gasteiger partial charge in [0, 0.05) is 15.2 Å². The minimum atomic E-state index is -4.02. The Labute approximate surface area is 182 Å². The third kappa shape index (κ3) is 3.96. The predicted octanol–water partition coefficient (Wildman–Crippen LogP) is 4.83. The molecule has 1 atom stereocenters. The maximum Gasteiger partial charge on any atom is 0.244 e. The molecule has 1 aliphatic rings. The van der Waals surface area contributed by atoms with Crippen molar-refractivity contribution in [2.75, 3.05) is 11.9 Å². The van der Waals surface area contributed by atoms with Crippen LogP contribution < -0.4 is 5.32 Å². The molecule has 5 nitrogen and oxygen atoms in total. The molecule has 4 rings (SSSR count). The first-order valence-electron chi connectivity index (χ1n) is 8.78. The zero-order chi connectivity index (χ0) is 20.6. The number of benzene rings is 3. The highest BCUT2D eigenvalue weighted by Crippen LogP contribution is 2.40. The second-order valence-corrected chi connectivity index (χ2v) is 9.84. The van der Waals surface area contributed by atoms with Crippen molar-refractivity contribution < 1.29 is 13.2 Å². The summed E-state index contributed by atoms with van der Waals surface area (Å²) in [7, 11) is -4.02. The fourth-order valence-electron chi connectivity index (χ4n) is 3.42. The van der Waals surface area contributed by atoms with E-state index in [0.29, 0.717) is 16.3 Å². The van der Waals surface area contributed by atoms with Crippen molar-refractivity contribution in [3.63, 3.8) is 0 Å². The van der Waals surface area contributed by atoms with Gasteiger partial charge in [-0.05, 0) is 47.5 Å². The standard InChI is InChI=1S/C21H16BrClN2O3S/c22-15-9-10-19-18(11-15)21(14-5-2-1-3-6-14)25(13-20(26)24-19)29(27,28)17-8-4-7-16(23)12-17/h1-12,21H,13H2,(H,24,26). The summed E-state index contributed by atoms with van der Waals surface area (Å²) >= 11 is 9.50. The molecule has 1 N–H and O–H groups in total. The molecule has 0 saturated carbocycles. The van der Waals surface area contributed by atoms with E-state index in [4.69, 9.17) is 11.6 Å². The zero-order valence-electron chi connectivity index (χ0n) is 15.0. The Bertz CT molecular complexity index is 1190. The van der Waals surface area contributed by atoms with E-state index in [1.54, 1.807) is 18.2 Å². The molecule has 3 aromatic carbocycles. The van der Waals surface area contributed by atoms with Crippen molar-refractivity contribution in [2.24, 2.45) is 0 Å². The highest BCUT2D eigenvalue weighted by atomic mass is 79.9. The summed E-state index contributed by atoms with van der Waals surface area (Å²) in [5.41, 5.74) is 2.02. The SMILES string of the molecule is O=C1CN(S(=O)(=O)c2cccc(Cl)c2)C(c2ccccc2)c2cc(Br)ccc2N1. The molecule has 0 spiro atoms. The smallest absolute Gasteiger partial charge is 0.244 e. The Morgan fingerprint density at radius 1 is 1.00 bits per heavy atom.